The summed E-state index contributed by atoms with van der Waals surface area (Å²) in [6, 6.07) is 0. The van der Waals surface area contributed by atoms with Crippen LogP contribution in [0, 0.1) is 10.8 Å². The molecule has 130 valence electrons. The van der Waals surface area contributed by atoms with Crippen LogP contribution in [0.15, 0.2) is 36.5 Å². The van der Waals surface area contributed by atoms with Gasteiger partial charge in [-0.25, -0.2) is 13.2 Å². The van der Waals surface area contributed by atoms with Gasteiger partial charge in [-0.05, 0) is 12.5 Å². The van der Waals surface area contributed by atoms with E-state index in [0.29, 0.717) is 0 Å². The molecule has 0 aromatic carbocycles. The lowest BCUT2D eigenvalue weighted by molar-refractivity contribution is -0.218. The van der Waals surface area contributed by atoms with Crippen molar-refractivity contribution in [2.45, 2.75) is 73.9 Å². The Morgan fingerprint density at radius 1 is 0.864 bits per heavy atom. The first-order chi connectivity index (χ1) is 9.77. The Morgan fingerprint density at radius 3 is 1.50 bits per heavy atom. The second-order valence-corrected chi connectivity index (χ2v) is 7.09. The van der Waals surface area contributed by atoms with Crippen molar-refractivity contribution in [1.29, 1.82) is 0 Å². The largest absolute Gasteiger partial charge is 0.290 e. The zero-order valence-corrected chi connectivity index (χ0v) is 15.7. The Balaban J connectivity index is 0. The van der Waals surface area contributed by atoms with Crippen LogP contribution in [-0.4, -0.2) is 11.6 Å². The lowest BCUT2D eigenvalue weighted by Crippen LogP contribution is -2.60. The maximum Gasteiger partial charge on any atom is 0.290 e. The first-order valence-corrected chi connectivity index (χ1v) is 7.80. The van der Waals surface area contributed by atoms with E-state index >= 15 is 4.39 Å². The number of rotatable bonds is 4. The number of hydrogen-bond acceptors (Lipinski definition) is 0. The van der Waals surface area contributed by atoms with Gasteiger partial charge in [0.1, 0.15) is 0 Å². The predicted molar refractivity (Wildman–Crippen MR) is 92.1 cm³/mol. The molecule has 0 spiro atoms. The standard InChI is InChI=1S/C17H27F3.C2H6/c1-9-11-13(12-10-2)16(18,14(3,4)5)17(19,20)15(6,7)8;1-2/h9-12H,1H2,2-8H3;1-2H3/b12-10-,13-11+;. The van der Waals surface area contributed by atoms with Crippen molar-refractivity contribution in [3.63, 3.8) is 0 Å². The van der Waals surface area contributed by atoms with Gasteiger partial charge in [0.05, 0.1) is 0 Å². The van der Waals surface area contributed by atoms with Crippen LogP contribution >= 0.6 is 0 Å². The second-order valence-electron chi connectivity index (χ2n) is 7.09. The van der Waals surface area contributed by atoms with Gasteiger partial charge in [-0.15, -0.1) is 0 Å². The van der Waals surface area contributed by atoms with E-state index in [4.69, 9.17) is 0 Å². The summed E-state index contributed by atoms with van der Waals surface area (Å²) in [6.07, 6.45) is 5.62. The fourth-order valence-corrected chi connectivity index (χ4v) is 2.19. The Morgan fingerprint density at radius 2 is 1.27 bits per heavy atom. The summed E-state index contributed by atoms with van der Waals surface area (Å²) in [5.41, 5.74) is -5.61. The third kappa shape index (κ3) is 4.27. The third-order valence-corrected chi connectivity index (χ3v) is 3.45. The monoisotopic (exact) mass is 318 g/mol. The van der Waals surface area contributed by atoms with Gasteiger partial charge in [0.2, 0.25) is 5.67 Å². The van der Waals surface area contributed by atoms with Crippen molar-refractivity contribution in [3.8, 4) is 0 Å². The van der Waals surface area contributed by atoms with E-state index in [1.165, 1.54) is 59.8 Å². The van der Waals surface area contributed by atoms with Crippen LogP contribution < -0.4 is 0 Å². The fraction of sp³-hybridized carbons (Fsp3) is 0.684. The van der Waals surface area contributed by atoms with E-state index in [9.17, 15) is 8.78 Å². The van der Waals surface area contributed by atoms with Crippen LogP contribution in [0.4, 0.5) is 13.2 Å². The molecular formula is C19H33F3. The molecule has 0 N–H and O–H groups in total. The van der Waals surface area contributed by atoms with Crippen LogP contribution in [0.5, 0.6) is 0 Å². The quantitative estimate of drug-likeness (QED) is 0.483. The molecule has 0 fully saturated rings. The second kappa shape index (κ2) is 8.03. The molecule has 3 heteroatoms. The zero-order chi connectivity index (χ0) is 18.4. The minimum Gasteiger partial charge on any atom is -0.231 e. The van der Waals surface area contributed by atoms with Gasteiger partial charge < -0.3 is 0 Å². The van der Waals surface area contributed by atoms with Crippen molar-refractivity contribution in [2.75, 3.05) is 0 Å². The summed E-state index contributed by atoms with van der Waals surface area (Å²) in [6.45, 7) is 17.7. The molecule has 0 bridgehead atoms. The number of allylic oxidation sites excluding steroid dienone is 5. The Hall–Kier alpha value is -0.990. The first-order valence-electron chi connectivity index (χ1n) is 7.80. The molecule has 0 saturated carbocycles. The van der Waals surface area contributed by atoms with Gasteiger partial charge in [0.15, 0.2) is 0 Å². The highest BCUT2D eigenvalue weighted by atomic mass is 19.3. The highest BCUT2D eigenvalue weighted by molar-refractivity contribution is 5.38. The summed E-state index contributed by atoms with van der Waals surface area (Å²) in [7, 11) is 0. The minimum absolute atomic E-state index is 0.0533. The third-order valence-electron chi connectivity index (χ3n) is 3.45. The molecule has 0 rings (SSSR count). The summed E-state index contributed by atoms with van der Waals surface area (Å²) in [5, 5.41) is 0. The Bertz CT molecular complexity index is 403. The lowest BCUT2D eigenvalue weighted by atomic mass is 9.63. The van der Waals surface area contributed by atoms with E-state index in [0.717, 1.165) is 0 Å². The van der Waals surface area contributed by atoms with Crippen LogP contribution in [-0.2, 0) is 0 Å². The molecule has 0 aromatic rings. The molecule has 22 heavy (non-hydrogen) atoms. The predicted octanol–water partition coefficient (Wildman–Crippen LogP) is 7.14. The van der Waals surface area contributed by atoms with Crippen LogP contribution in [0.25, 0.3) is 0 Å². The molecule has 0 saturated heterocycles. The molecule has 0 heterocycles. The van der Waals surface area contributed by atoms with Gasteiger partial charge >= 0.3 is 0 Å². The summed E-state index contributed by atoms with van der Waals surface area (Å²) < 4.78 is 45.5. The number of hydrogen-bond donors (Lipinski definition) is 0. The van der Waals surface area contributed by atoms with Crippen molar-refractivity contribution < 1.29 is 13.2 Å². The van der Waals surface area contributed by atoms with Gasteiger partial charge in [0.25, 0.3) is 5.92 Å². The van der Waals surface area contributed by atoms with Gasteiger partial charge in [-0.2, -0.15) is 0 Å². The Kier molecular flexibility index (Phi) is 8.50. The highest BCUT2D eigenvalue weighted by Crippen LogP contribution is 2.57. The average molecular weight is 318 g/mol. The molecule has 0 nitrogen and oxygen atoms in total. The van der Waals surface area contributed by atoms with Crippen molar-refractivity contribution in [3.05, 3.63) is 36.5 Å². The zero-order valence-electron chi connectivity index (χ0n) is 15.7. The Labute approximate surface area is 135 Å². The molecule has 1 atom stereocenters. The van der Waals surface area contributed by atoms with Gasteiger partial charge in [-0.3, -0.25) is 0 Å². The summed E-state index contributed by atoms with van der Waals surface area (Å²) in [5.74, 6) is -3.54. The molecule has 0 aromatic heterocycles. The minimum atomic E-state index is -3.54. The molecule has 0 aliphatic rings. The maximum atomic E-state index is 15.7. The van der Waals surface area contributed by atoms with E-state index in [1.54, 1.807) is 13.0 Å². The highest BCUT2D eigenvalue weighted by Gasteiger charge is 2.67. The van der Waals surface area contributed by atoms with Crippen molar-refractivity contribution >= 4 is 0 Å². The number of alkyl halides is 3. The van der Waals surface area contributed by atoms with E-state index in [1.807, 2.05) is 13.8 Å². The molecule has 0 radical (unpaired) electrons. The maximum absolute atomic E-state index is 15.7. The molecule has 0 aliphatic carbocycles. The van der Waals surface area contributed by atoms with Crippen LogP contribution in [0.3, 0.4) is 0 Å². The van der Waals surface area contributed by atoms with E-state index in [-0.39, 0.29) is 5.57 Å². The smallest absolute Gasteiger partial charge is 0.231 e. The van der Waals surface area contributed by atoms with E-state index < -0.39 is 22.4 Å². The topological polar surface area (TPSA) is 0 Å². The lowest BCUT2D eigenvalue weighted by Gasteiger charge is -2.49. The summed E-state index contributed by atoms with van der Waals surface area (Å²) in [4.78, 5) is 0. The van der Waals surface area contributed by atoms with Crippen molar-refractivity contribution in [2.24, 2.45) is 10.8 Å². The van der Waals surface area contributed by atoms with Gasteiger partial charge in [0, 0.05) is 10.8 Å². The number of halogens is 3. The van der Waals surface area contributed by atoms with Crippen molar-refractivity contribution in [1.82, 2.24) is 0 Å². The average Bonchev–Trinajstić information content (AvgIpc) is 2.37. The molecular weight excluding hydrogens is 285 g/mol. The van der Waals surface area contributed by atoms with Crippen LogP contribution in [0.1, 0.15) is 62.3 Å². The summed E-state index contributed by atoms with van der Waals surface area (Å²) >= 11 is 0. The fourth-order valence-electron chi connectivity index (χ4n) is 2.19. The van der Waals surface area contributed by atoms with Gasteiger partial charge in [-0.1, -0.05) is 86.3 Å². The molecule has 1 unspecified atom stereocenters. The van der Waals surface area contributed by atoms with E-state index in [2.05, 4.69) is 6.58 Å². The normalized spacial score (nSPS) is 16.8. The molecule has 0 amide bonds. The van der Waals surface area contributed by atoms with Crippen LogP contribution in [0.2, 0.25) is 0 Å². The first kappa shape index (κ1) is 23.3. The SMILES string of the molecule is C=C/C=C(\C=C/C)C(F)(C(C)(C)C)C(F)(F)C(C)(C)C.CC. The molecule has 0 aliphatic heterocycles.